The van der Waals surface area contributed by atoms with E-state index < -0.39 is 0 Å². The summed E-state index contributed by atoms with van der Waals surface area (Å²) in [6.07, 6.45) is 4.11. The number of amides is 2. The van der Waals surface area contributed by atoms with Crippen molar-refractivity contribution < 1.29 is 9.53 Å². The topological polar surface area (TPSA) is 59.4 Å². The standard InChI is InChI=1S/C19H24N4O2/c1-14-6-10-23(21-14)18-5-3-2-4-17(18)20-19(24)22-9-7-15(12-22)16-8-11-25-13-16/h2-6,10,15-16H,7-9,11-13H2,1H3,(H,20,24)/t15-,16+/m0/s1. The van der Waals surface area contributed by atoms with Gasteiger partial charge in [-0.3, -0.25) is 0 Å². The molecule has 0 radical (unpaired) electrons. The van der Waals surface area contributed by atoms with Crippen LogP contribution in [-0.4, -0.2) is 47.0 Å². The molecule has 2 saturated heterocycles. The number of urea groups is 1. The van der Waals surface area contributed by atoms with Crippen molar-refractivity contribution in [3.8, 4) is 5.69 Å². The quantitative estimate of drug-likeness (QED) is 0.934. The summed E-state index contributed by atoms with van der Waals surface area (Å²) >= 11 is 0. The van der Waals surface area contributed by atoms with E-state index in [9.17, 15) is 4.79 Å². The predicted molar refractivity (Wildman–Crippen MR) is 95.9 cm³/mol. The van der Waals surface area contributed by atoms with Crippen LogP contribution >= 0.6 is 0 Å². The molecular formula is C19H24N4O2. The van der Waals surface area contributed by atoms with Crippen LogP contribution in [0.4, 0.5) is 10.5 Å². The Bertz CT molecular complexity index is 751. The number of para-hydroxylation sites is 2. The molecule has 1 aromatic carbocycles. The number of anilines is 1. The lowest BCUT2D eigenvalue weighted by molar-refractivity contribution is 0.171. The molecule has 25 heavy (non-hydrogen) atoms. The maximum atomic E-state index is 12.7. The molecule has 4 rings (SSSR count). The first-order valence-electron chi connectivity index (χ1n) is 8.96. The number of hydrogen-bond acceptors (Lipinski definition) is 3. The van der Waals surface area contributed by atoms with E-state index in [1.54, 1.807) is 4.68 Å². The summed E-state index contributed by atoms with van der Waals surface area (Å²) in [5.74, 6) is 1.18. The minimum absolute atomic E-state index is 0.0299. The van der Waals surface area contributed by atoms with Gasteiger partial charge in [-0.2, -0.15) is 5.10 Å². The van der Waals surface area contributed by atoms with Crippen LogP contribution in [0, 0.1) is 18.8 Å². The van der Waals surface area contributed by atoms with Gasteiger partial charge in [0.2, 0.25) is 0 Å². The molecule has 0 unspecified atom stereocenters. The van der Waals surface area contributed by atoms with Crippen LogP contribution in [0.3, 0.4) is 0 Å². The van der Waals surface area contributed by atoms with Crippen molar-refractivity contribution in [2.45, 2.75) is 19.8 Å². The first kappa shape index (κ1) is 16.1. The number of ether oxygens (including phenoxy) is 1. The Labute approximate surface area is 147 Å². The van der Waals surface area contributed by atoms with Crippen molar-refractivity contribution in [1.82, 2.24) is 14.7 Å². The molecule has 3 heterocycles. The second-order valence-corrected chi connectivity index (χ2v) is 6.97. The second-order valence-electron chi connectivity index (χ2n) is 6.97. The summed E-state index contributed by atoms with van der Waals surface area (Å²) in [5.41, 5.74) is 2.61. The molecule has 2 amide bonds. The summed E-state index contributed by atoms with van der Waals surface area (Å²) in [6.45, 7) is 5.30. The van der Waals surface area contributed by atoms with E-state index in [-0.39, 0.29) is 6.03 Å². The Balaban J connectivity index is 1.45. The third kappa shape index (κ3) is 3.39. The molecule has 2 aliphatic rings. The Morgan fingerprint density at radius 2 is 2.12 bits per heavy atom. The van der Waals surface area contributed by atoms with E-state index >= 15 is 0 Å². The van der Waals surface area contributed by atoms with Crippen molar-refractivity contribution in [1.29, 1.82) is 0 Å². The van der Waals surface area contributed by atoms with Crippen LogP contribution in [0.5, 0.6) is 0 Å². The van der Waals surface area contributed by atoms with Gasteiger partial charge >= 0.3 is 6.03 Å². The van der Waals surface area contributed by atoms with Crippen LogP contribution in [0.1, 0.15) is 18.5 Å². The fourth-order valence-corrected chi connectivity index (χ4v) is 3.80. The predicted octanol–water partition coefficient (Wildman–Crippen LogP) is 3.07. The van der Waals surface area contributed by atoms with Crippen molar-refractivity contribution in [3.05, 3.63) is 42.2 Å². The van der Waals surface area contributed by atoms with Crippen LogP contribution in [0.25, 0.3) is 5.69 Å². The molecule has 6 nitrogen and oxygen atoms in total. The molecule has 0 spiro atoms. The smallest absolute Gasteiger partial charge is 0.321 e. The molecule has 2 fully saturated rings. The largest absolute Gasteiger partial charge is 0.381 e. The summed E-state index contributed by atoms with van der Waals surface area (Å²) in [6, 6.07) is 9.69. The van der Waals surface area contributed by atoms with Gasteiger partial charge in [0.1, 0.15) is 0 Å². The van der Waals surface area contributed by atoms with Crippen molar-refractivity contribution >= 4 is 11.7 Å². The first-order chi connectivity index (χ1) is 12.2. The fraction of sp³-hybridized carbons (Fsp3) is 0.474. The van der Waals surface area contributed by atoms with Gasteiger partial charge in [0.15, 0.2) is 0 Å². The van der Waals surface area contributed by atoms with Crippen molar-refractivity contribution in [3.63, 3.8) is 0 Å². The Morgan fingerprint density at radius 1 is 1.24 bits per heavy atom. The summed E-state index contributed by atoms with van der Waals surface area (Å²) < 4.78 is 7.30. The molecule has 0 bridgehead atoms. The molecular weight excluding hydrogens is 316 g/mol. The molecule has 2 atom stereocenters. The maximum absolute atomic E-state index is 12.7. The lowest BCUT2D eigenvalue weighted by atomic mass is 9.91. The summed E-state index contributed by atoms with van der Waals surface area (Å²) in [7, 11) is 0. The highest BCUT2D eigenvalue weighted by Crippen LogP contribution is 2.30. The lowest BCUT2D eigenvalue weighted by Crippen LogP contribution is -2.34. The minimum Gasteiger partial charge on any atom is -0.381 e. The minimum atomic E-state index is -0.0299. The number of carbonyl (C=O) groups is 1. The molecule has 0 aliphatic carbocycles. The lowest BCUT2D eigenvalue weighted by Gasteiger charge is -2.20. The van der Waals surface area contributed by atoms with E-state index in [2.05, 4.69) is 10.4 Å². The highest BCUT2D eigenvalue weighted by Gasteiger charge is 2.33. The third-order valence-corrected chi connectivity index (χ3v) is 5.26. The molecule has 2 aliphatic heterocycles. The van der Waals surface area contributed by atoms with Gasteiger partial charge in [0.05, 0.1) is 17.1 Å². The fourth-order valence-electron chi connectivity index (χ4n) is 3.80. The van der Waals surface area contributed by atoms with Crippen LogP contribution in [0.2, 0.25) is 0 Å². The molecule has 1 N–H and O–H groups in total. The van der Waals surface area contributed by atoms with E-state index in [0.717, 1.165) is 56.2 Å². The van der Waals surface area contributed by atoms with Crippen molar-refractivity contribution in [2.24, 2.45) is 11.8 Å². The summed E-state index contributed by atoms with van der Waals surface area (Å²) in [5, 5.41) is 7.51. The number of benzene rings is 1. The van der Waals surface area contributed by atoms with Crippen LogP contribution in [0.15, 0.2) is 36.5 Å². The third-order valence-electron chi connectivity index (χ3n) is 5.26. The second kappa shape index (κ2) is 6.88. The number of aromatic nitrogens is 2. The summed E-state index contributed by atoms with van der Waals surface area (Å²) in [4.78, 5) is 14.6. The average Bonchev–Trinajstić information content (AvgIpc) is 3.36. The molecule has 1 aromatic heterocycles. The van der Waals surface area contributed by atoms with E-state index in [4.69, 9.17) is 4.74 Å². The van der Waals surface area contributed by atoms with Gasteiger partial charge in [-0.25, -0.2) is 9.48 Å². The highest BCUT2D eigenvalue weighted by atomic mass is 16.5. The monoisotopic (exact) mass is 340 g/mol. The van der Waals surface area contributed by atoms with E-state index in [0.29, 0.717) is 11.8 Å². The van der Waals surface area contributed by atoms with Gasteiger partial charge in [-0.05, 0) is 49.8 Å². The van der Waals surface area contributed by atoms with Gasteiger partial charge in [-0.1, -0.05) is 12.1 Å². The number of nitrogens with one attached hydrogen (secondary N) is 1. The number of likely N-dealkylation sites (tertiary alicyclic amines) is 1. The number of carbonyl (C=O) groups excluding carboxylic acids is 1. The number of hydrogen-bond donors (Lipinski definition) is 1. The Hall–Kier alpha value is -2.34. The van der Waals surface area contributed by atoms with Gasteiger partial charge in [0, 0.05) is 32.5 Å². The Kier molecular flexibility index (Phi) is 4.44. The van der Waals surface area contributed by atoms with Crippen molar-refractivity contribution in [2.75, 3.05) is 31.6 Å². The van der Waals surface area contributed by atoms with E-state index in [1.807, 2.05) is 48.4 Å². The average molecular weight is 340 g/mol. The highest BCUT2D eigenvalue weighted by molar-refractivity contribution is 5.91. The molecule has 6 heteroatoms. The van der Waals surface area contributed by atoms with Gasteiger partial charge < -0.3 is 15.0 Å². The SMILES string of the molecule is Cc1ccn(-c2ccccc2NC(=O)N2CC[C@H]([C@@H]3CCOC3)C2)n1. The van der Waals surface area contributed by atoms with Gasteiger partial charge in [-0.15, -0.1) is 0 Å². The van der Waals surface area contributed by atoms with Crippen LogP contribution in [-0.2, 0) is 4.74 Å². The number of nitrogens with zero attached hydrogens (tertiary/aromatic N) is 3. The molecule has 2 aromatic rings. The normalized spacial score (nSPS) is 23.2. The molecule has 0 saturated carbocycles. The number of aryl methyl sites for hydroxylation is 1. The van der Waals surface area contributed by atoms with Gasteiger partial charge in [0.25, 0.3) is 0 Å². The zero-order valence-corrected chi connectivity index (χ0v) is 14.5. The first-order valence-corrected chi connectivity index (χ1v) is 8.96. The Morgan fingerprint density at radius 3 is 2.88 bits per heavy atom. The van der Waals surface area contributed by atoms with E-state index in [1.165, 1.54) is 0 Å². The molecule has 132 valence electrons. The maximum Gasteiger partial charge on any atom is 0.321 e. The number of rotatable bonds is 3. The zero-order valence-electron chi connectivity index (χ0n) is 14.5. The van der Waals surface area contributed by atoms with Crippen LogP contribution < -0.4 is 5.32 Å². The zero-order chi connectivity index (χ0) is 17.2.